The summed E-state index contributed by atoms with van der Waals surface area (Å²) in [6, 6.07) is 8.39. The van der Waals surface area contributed by atoms with Crippen molar-refractivity contribution in [3.63, 3.8) is 0 Å². The fourth-order valence-electron chi connectivity index (χ4n) is 2.28. The third-order valence-corrected chi connectivity index (χ3v) is 4.59. The smallest absolute Gasteiger partial charge is 0.193 e. The van der Waals surface area contributed by atoms with E-state index in [9.17, 15) is 0 Å². The van der Waals surface area contributed by atoms with Gasteiger partial charge in [0.15, 0.2) is 5.96 Å². The van der Waals surface area contributed by atoms with Gasteiger partial charge in [-0.25, -0.2) is 9.98 Å². The molecule has 0 saturated carbocycles. The molecule has 0 unspecified atom stereocenters. The molecule has 0 spiro atoms. The minimum atomic E-state index is 0.648. The molecule has 0 saturated heterocycles. The first kappa shape index (κ1) is 18.3. The number of nitrogens with zero attached hydrogens (tertiary/aromatic N) is 4. The highest BCUT2D eigenvalue weighted by molar-refractivity contribution is 7.09. The Bertz CT molecular complexity index is 637. The van der Waals surface area contributed by atoms with Crippen LogP contribution in [0.5, 0.6) is 0 Å². The summed E-state index contributed by atoms with van der Waals surface area (Å²) < 4.78 is 0. The normalized spacial score (nSPS) is 11.4. The number of rotatable bonds is 7. The Labute approximate surface area is 149 Å². The van der Waals surface area contributed by atoms with Crippen LogP contribution in [0, 0.1) is 0 Å². The zero-order valence-corrected chi connectivity index (χ0v) is 15.8. The first-order valence-corrected chi connectivity index (χ1v) is 9.12. The van der Waals surface area contributed by atoms with Gasteiger partial charge in [0, 0.05) is 45.3 Å². The van der Waals surface area contributed by atoms with Crippen molar-refractivity contribution in [2.45, 2.75) is 19.9 Å². The van der Waals surface area contributed by atoms with Crippen molar-refractivity contribution >= 4 is 23.1 Å². The number of likely N-dealkylation sites (N-methyl/N-ethyl adjacent to an activating group) is 1. The maximum atomic E-state index is 4.77. The van der Waals surface area contributed by atoms with Gasteiger partial charge >= 0.3 is 0 Å². The maximum Gasteiger partial charge on any atom is 0.193 e. The highest BCUT2D eigenvalue weighted by Gasteiger charge is 2.07. The number of hydrogen-bond donors (Lipinski definition) is 1. The van der Waals surface area contributed by atoms with Crippen molar-refractivity contribution < 1.29 is 0 Å². The van der Waals surface area contributed by atoms with Crippen LogP contribution in [0.25, 0.3) is 0 Å². The molecule has 0 aliphatic carbocycles. The lowest BCUT2D eigenvalue weighted by Gasteiger charge is -2.22. The van der Waals surface area contributed by atoms with E-state index in [0.29, 0.717) is 6.54 Å². The van der Waals surface area contributed by atoms with Crippen LogP contribution in [0.15, 0.2) is 40.8 Å². The van der Waals surface area contributed by atoms with Crippen LogP contribution < -0.4 is 10.2 Å². The Kier molecular flexibility index (Phi) is 7.06. The lowest BCUT2D eigenvalue weighted by Crippen LogP contribution is -2.39. The van der Waals surface area contributed by atoms with Crippen LogP contribution in [0.2, 0.25) is 0 Å². The molecule has 0 radical (unpaired) electrons. The van der Waals surface area contributed by atoms with E-state index >= 15 is 0 Å². The molecule has 1 N–H and O–H groups in total. The number of aliphatic imine (C=N–C) groups is 1. The van der Waals surface area contributed by atoms with Crippen LogP contribution in [0.3, 0.4) is 0 Å². The molecule has 0 fully saturated rings. The molecule has 0 aliphatic rings. The van der Waals surface area contributed by atoms with Crippen LogP contribution in [0.1, 0.15) is 17.4 Å². The molecule has 2 aromatic rings. The Morgan fingerprint density at radius 2 is 2.12 bits per heavy atom. The summed E-state index contributed by atoms with van der Waals surface area (Å²) in [5.74, 6) is 1.90. The van der Waals surface area contributed by atoms with Crippen LogP contribution >= 0.6 is 11.3 Å². The van der Waals surface area contributed by atoms with Gasteiger partial charge in [-0.2, -0.15) is 0 Å². The van der Waals surface area contributed by atoms with E-state index in [-0.39, 0.29) is 0 Å². The minimum Gasteiger partial charge on any atom is -0.363 e. The Balaban J connectivity index is 2.00. The van der Waals surface area contributed by atoms with Crippen molar-refractivity contribution in [2.75, 3.05) is 39.1 Å². The van der Waals surface area contributed by atoms with Gasteiger partial charge in [-0.05, 0) is 42.5 Å². The van der Waals surface area contributed by atoms with Crippen molar-refractivity contribution in [2.24, 2.45) is 4.99 Å². The van der Waals surface area contributed by atoms with Crippen molar-refractivity contribution in [1.82, 2.24) is 15.2 Å². The van der Waals surface area contributed by atoms with Crippen LogP contribution in [0.4, 0.5) is 5.82 Å². The first-order valence-electron chi connectivity index (χ1n) is 8.24. The molecule has 2 aromatic heterocycles. The van der Waals surface area contributed by atoms with E-state index in [1.54, 1.807) is 11.3 Å². The number of aromatic nitrogens is 1. The van der Waals surface area contributed by atoms with E-state index in [1.807, 2.05) is 31.3 Å². The summed E-state index contributed by atoms with van der Waals surface area (Å²) in [4.78, 5) is 14.7. The van der Waals surface area contributed by atoms with Crippen molar-refractivity contribution in [3.8, 4) is 0 Å². The molecule has 24 heavy (non-hydrogen) atoms. The summed E-state index contributed by atoms with van der Waals surface area (Å²) in [6.45, 7) is 4.56. The van der Waals surface area contributed by atoms with Crippen LogP contribution in [-0.4, -0.2) is 50.1 Å². The highest BCUT2D eigenvalue weighted by Crippen LogP contribution is 2.11. The van der Waals surface area contributed by atoms with E-state index in [0.717, 1.165) is 36.9 Å². The molecule has 0 atom stereocenters. The summed E-state index contributed by atoms with van der Waals surface area (Å²) in [6.07, 6.45) is 2.88. The lowest BCUT2D eigenvalue weighted by molar-refractivity contribution is 0.486. The fraction of sp³-hybridized carbons (Fsp3) is 0.444. The van der Waals surface area contributed by atoms with Crippen molar-refractivity contribution in [3.05, 3.63) is 46.3 Å². The molecule has 0 aromatic carbocycles. The number of guanidine groups is 1. The van der Waals surface area contributed by atoms with E-state index in [2.05, 4.69) is 52.8 Å². The Morgan fingerprint density at radius 3 is 2.79 bits per heavy atom. The van der Waals surface area contributed by atoms with Gasteiger partial charge in [-0.3, -0.25) is 0 Å². The molecule has 2 rings (SSSR count). The number of nitrogens with one attached hydrogen (secondary N) is 1. The lowest BCUT2D eigenvalue weighted by atomic mass is 10.2. The third-order valence-electron chi connectivity index (χ3n) is 3.65. The number of pyridine rings is 1. The van der Waals surface area contributed by atoms with Gasteiger partial charge < -0.3 is 15.1 Å². The predicted molar refractivity (Wildman–Crippen MR) is 104 cm³/mol. The van der Waals surface area contributed by atoms with Gasteiger partial charge in [0.2, 0.25) is 0 Å². The van der Waals surface area contributed by atoms with Gasteiger partial charge in [-0.1, -0.05) is 6.07 Å². The molecule has 6 heteroatoms. The summed E-state index contributed by atoms with van der Waals surface area (Å²) in [7, 11) is 6.09. The zero-order chi connectivity index (χ0) is 17.4. The van der Waals surface area contributed by atoms with Crippen LogP contribution in [-0.2, 0) is 13.0 Å². The standard InChI is InChI=1S/C18H27N5S/c1-5-19-18(23(4)11-9-16-7-6-12-24-16)21-14-15-8-10-20-17(13-15)22(2)3/h6-8,10,12-13H,5,9,11,14H2,1-4H3,(H,19,21). The molecule has 0 aliphatic heterocycles. The van der Waals surface area contributed by atoms with Crippen molar-refractivity contribution in [1.29, 1.82) is 0 Å². The maximum absolute atomic E-state index is 4.77. The first-order chi connectivity index (χ1) is 11.6. The fourth-order valence-corrected chi connectivity index (χ4v) is 2.98. The highest BCUT2D eigenvalue weighted by atomic mass is 32.1. The SMILES string of the molecule is CCNC(=NCc1ccnc(N(C)C)c1)N(C)CCc1cccs1. The quantitative estimate of drug-likeness (QED) is 0.619. The number of thiophene rings is 1. The van der Waals surface area contributed by atoms with Gasteiger partial charge in [-0.15, -0.1) is 11.3 Å². The van der Waals surface area contributed by atoms with E-state index in [4.69, 9.17) is 4.99 Å². The molecule has 0 amide bonds. The van der Waals surface area contributed by atoms with Gasteiger partial charge in [0.1, 0.15) is 5.82 Å². The molecule has 2 heterocycles. The average Bonchev–Trinajstić information content (AvgIpc) is 3.10. The number of hydrogen-bond acceptors (Lipinski definition) is 4. The van der Waals surface area contributed by atoms with E-state index in [1.165, 1.54) is 4.88 Å². The molecule has 130 valence electrons. The van der Waals surface area contributed by atoms with Gasteiger partial charge in [0.25, 0.3) is 0 Å². The summed E-state index contributed by atoms with van der Waals surface area (Å²) >= 11 is 1.81. The zero-order valence-electron chi connectivity index (χ0n) is 15.0. The predicted octanol–water partition coefficient (Wildman–Crippen LogP) is 2.85. The molecule has 5 nitrogen and oxygen atoms in total. The Hall–Kier alpha value is -2.08. The summed E-state index contributed by atoms with van der Waals surface area (Å²) in [5.41, 5.74) is 1.16. The third kappa shape index (κ3) is 5.53. The molecular formula is C18H27N5S. The largest absolute Gasteiger partial charge is 0.363 e. The number of anilines is 1. The summed E-state index contributed by atoms with van der Waals surface area (Å²) in [5, 5.41) is 5.50. The second-order valence-electron chi connectivity index (χ2n) is 5.84. The Morgan fingerprint density at radius 1 is 1.29 bits per heavy atom. The second kappa shape index (κ2) is 9.27. The van der Waals surface area contributed by atoms with E-state index < -0.39 is 0 Å². The van der Waals surface area contributed by atoms with Gasteiger partial charge in [0.05, 0.1) is 6.54 Å². The molecule has 0 bridgehead atoms. The average molecular weight is 346 g/mol. The topological polar surface area (TPSA) is 43.8 Å². The monoisotopic (exact) mass is 345 g/mol. The minimum absolute atomic E-state index is 0.648. The second-order valence-corrected chi connectivity index (χ2v) is 6.87. The molecular weight excluding hydrogens is 318 g/mol.